The van der Waals surface area contributed by atoms with E-state index in [4.69, 9.17) is 5.14 Å². The molecule has 0 saturated heterocycles. The Bertz CT molecular complexity index is 1520. The molecule has 0 spiro atoms. The van der Waals surface area contributed by atoms with Crippen molar-refractivity contribution in [3.63, 3.8) is 0 Å². The summed E-state index contributed by atoms with van der Waals surface area (Å²) in [6.45, 7) is 1.44. The lowest BCUT2D eigenvalue weighted by atomic mass is 10.0. The normalized spacial score (nSPS) is 13.6. The number of primary sulfonamides is 1. The Hall–Kier alpha value is -4.03. The van der Waals surface area contributed by atoms with E-state index in [9.17, 15) is 18.5 Å². The molecule has 4 aromatic rings. The molecule has 0 fully saturated rings. The van der Waals surface area contributed by atoms with Crippen molar-refractivity contribution in [3.05, 3.63) is 81.8 Å². The van der Waals surface area contributed by atoms with Crippen LogP contribution in [-0.2, 0) is 29.4 Å². The summed E-state index contributed by atoms with van der Waals surface area (Å²) in [5.74, 6) is 0.415. The van der Waals surface area contributed by atoms with Crippen LogP contribution in [-0.4, -0.2) is 41.4 Å². The maximum Gasteiger partial charge on any atom is 0.353 e. The van der Waals surface area contributed by atoms with Crippen LogP contribution in [0.3, 0.4) is 0 Å². The van der Waals surface area contributed by atoms with Crippen molar-refractivity contribution < 1.29 is 13.3 Å². The Kier molecular flexibility index (Phi) is 5.83. The summed E-state index contributed by atoms with van der Waals surface area (Å²) in [7, 11) is -3.75. The molecule has 0 amide bonds. The van der Waals surface area contributed by atoms with Gasteiger partial charge in [0, 0.05) is 29.7 Å². The van der Waals surface area contributed by atoms with Crippen LogP contribution in [0.5, 0.6) is 0 Å². The van der Waals surface area contributed by atoms with Crippen molar-refractivity contribution in [2.24, 2.45) is 5.14 Å². The Labute approximate surface area is 201 Å². The van der Waals surface area contributed by atoms with Gasteiger partial charge >= 0.3 is 5.69 Å². The highest BCUT2D eigenvalue weighted by Crippen LogP contribution is 2.36. The standard InChI is InChI=1S/C23H23N7O4S/c24-35(33,34)16-7-5-15(6-8-16)9-11-25-22-21(30(31)32)23(27-14-26-22)29-12-10-18-17-3-1-2-4-19(17)28-20(18)13-29/h1-8,14,28H,9-13H2,(H2,24,33,34)(H,25,26,27). The third-order valence-electron chi connectivity index (χ3n) is 6.13. The maximum atomic E-state index is 12.0. The van der Waals surface area contributed by atoms with Gasteiger partial charge in [-0.25, -0.2) is 23.5 Å². The number of anilines is 2. The molecule has 0 unspecified atom stereocenters. The number of aromatic nitrogens is 3. The summed E-state index contributed by atoms with van der Waals surface area (Å²) in [6, 6.07) is 14.3. The number of fused-ring (bicyclic) bond motifs is 3. The molecule has 0 atom stereocenters. The van der Waals surface area contributed by atoms with Crippen molar-refractivity contribution in [2.75, 3.05) is 23.3 Å². The minimum Gasteiger partial charge on any atom is -0.364 e. The Morgan fingerprint density at radius 1 is 1.14 bits per heavy atom. The average Bonchev–Trinajstić information content (AvgIpc) is 3.21. The van der Waals surface area contributed by atoms with Gasteiger partial charge < -0.3 is 15.2 Å². The van der Waals surface area contributed by atoms with E-state index in [1.165, 1.54) is 29.4 Å². The molecule has 4 N–H and O–H groups in total. The van der Waals surface area contributed by atoms with E-state index in [1.807, 2.05) is 23.1 Å². The Morgan fingerprint density at radius 3 is 2.66 bits per heavy atom. The summed E-state index contributed by atoms with van der Waals surface area (Å²) in [4.78, 5) is 25.3. The fourth-order valence-electron chi connectivity index (χ4n) is 4.44. The molecule has 0 radical (unpaired) electrons. The highest BCUT2D eigenvalue weighted by Gasteiger charge is 2.30. The topological polar surface area (TPSA) is 160 Å². The number of rotatable bonds is 7. The zero-order valence-electron chi connectivity index (χ0n) is 18.6. The van der Waals surface area contributed by atoms with Gasteiger partial charge in [-0.2, -0.15) is 0 Å². The number of hydrogen-bond donors (Lipinski definition) is 3. The van der Waals surface area contributed by atoms with Crippen LogP contribution in [0.15, 0.2) is 59.8 Å². The van der Waals surface area contributed by atoms with Crippen LogP contribution in [0, 0.1) is 10.1 Å². The molecule has 12 heteroatoms. The number of aromatic amines is 1. The molecule has 0 aliphatic carbocycles. The molecular weight excluding hydrogens is 470 g/mol. The first kappa shape index (κ1) is 22.7. The highest BCUT2D eigenvalue weighted by atomic mass is 32.2. The first-order valence-corrected chi connectivity index (χ1v) is 12.5. The second-order valence-electron chi connectivity index (χ2n) is 8.32. The van der Waals surface area contributed by atoms with Gasteiger partial charge in [0.1, 0.15) is 6.33 Å². The summed E-state index contributed by atoms with van der Waals surface area (Å²) in [5, 5.41) is 21.4. The lowest BCUT2D eigenvalue weighted by Gasteiger charge is -2.27. The number of nitrogens with zero attached hydrogens (tertiary/aromatic N) is 4. The molecule has 35 heavy (non-hydrogen) atoms. The second kappa shape index (κ2) is 8.96. The van der Waals surface area contributed by atoms with Crippen molar-refractivity contribution in [2.45, 2.75) is 24.3 Å². The number of para-hydroxylation sites is 1. The zero-order chi connectivity index (χ0) is 24.6. The first-order valence-electron chi connectivity index (χ1n) is 11.0. The molecule has 11 nitrogen and oxygen atoms in total. The number of benzene rings is 2. The van der Waals surface area contributed by atoms with Crippen LogP contribution in [0.1, 0.15) is 16.8 Å². The first-order chi connectivity index (χ1) is 16.8. The smallest absolute Gasteiger partial charge is 0.353 e. The second-order valence-corrected chi connectivity index (χ2v) is 9.88. The van der Waals surface area contributed by atoms with Gasteiger partial charge in [-0.15, -0.1) is 0 Å². The van der Waals surface area contributed by atoms with Gasteiger partial charge in [0.25, 0.3) is 0 Å². The minimum absolute atomic E-state index is 0.0324. The van der Waals surface area contributed by atoms with Crippen molar-refractivity contribution in [1.82, 2.24) is 15.0 Å². The van der Waals surface area contributed by atoms with E-state index in [1.54, 1.807) is 12.1 Å². The zero-order valence-corrected chi connectivity index (χ0v) is 19.5. The van der Waals surface area contributed by atoms with Crippen LogP contribution in [0.2, 0.25) is 0 Å². The van der Waals surface area contributed by atoms with Crippen molar-refractivity contribution >= 4 is 38.2 Å². The van der Waals surface area contributed by atoms with Crippen LogP contribution >= 0.6 is 0 Å². The van der Waals surface area contributed by atoms with Crippen LogP contribution in [0.4, 0.5) is 17.3 Å². The lowest BCUT2D eigenvalue weighted by Crippen LogP contribution is -2.31. The third kappa shape index (κ3) is 4.53. The number of hydrogen-bond acceptors (Lipinski definition) is 8. The molecule has 1 aliphatic rings. The summed E-state index contributed by atoms with van der Waals surface area (Å²) >= 11 is 0. The fraction of sp³-hybridized carbons (Fsp3) is 0.217. The summed E-state index contributed by atoms with van der Waals surface area (Å²) < 4.78 is 22.8. The fourth-order valence-corrected chi connectivity index (χ4v) is 4.96. The van der Waals surface area contributed by atoms with Crippen molar-refractivity contribution in [1.29, 1.82) is 0 Å². The summed E-state index contributed by atoms with van der Waals surface area (Å²) in [6.07, 6.45) is 2.58. The van der Waals surface area contributed by atoms with Gasteiger partial charge in [-0.1, -0.05) is 30.3 Å². The number of H-pyrrole nitrogens is 1. The molecule has 2 aromatic carbocycles. The van der Waals surface area contributed by atoms with Gasteiger partial charge in [-0.3, -0.25) is 10.1 Å². The lowest BCUT2D eigenvalue weighted by molar-refractivity contribution is -0.383. The monoisotopic (exact) mass is 493 g/mol. The van der Waals surface area contributed by atoms with E-state index in [-0.39, 0.29) is 22.2 Å². The van der Waals surface area contributed by atoms with E-state index >= 15 is 0 Å². The molecule has 1 aliphatic heterocycles. The largest absolute Gasteiger partial charge is 0.364 e. The average molecular weight is 494 g/mol. The SMILES string of the molecule is NS(=O)(=O)c1ccc(CCNc2ncnc(N3CCc4c([nH]c5ccccc45)C3)c2[N+](=O)[O-])cc1. The quantitative estimate of drug-likeness (QED) is 0.262. The van der Waals surface area contributed by atoms with Gasteiger partial charge in [0.2, 0.25) is 21.7 Å². The van der Waals surface area contributed by atoms with Gasteiger partial charge in [0.15, 0.2) is 0 Å². The Balaban J connectivity index is 1.34. The number of sulfonamides is 1. The Morgan fingerprint density at radius 2 is 1.91 bits per heavy atom. The molecule has 0 bridgehead atoms. The predicted molar refractivity (Wildman–Crippen MR) is 132 cm³/mol. The van der Waals surface area contributed by atoms with E-state index in [0.717, 1.165) is 23.2 Å². The van der Waals surface area contributed by atoms with Crippen LogP contribution < -0.4 is 15.4 Å². The van der Waals surface area contributed by atoms with Crippen LogP contribution in [0.25, 0.3) is 10.9 Å². The molecule has 0 saturated carbocycles. The number of nitrogens with one attached hydrogen (secondary N) is 2. The van der Waals surface area contributed by atoms with Gasteiger partial charge in [0.05, 0.1) is 16.4 Å². The molecule has 3 heterocycles. The number of nitro groups is 1. The highest BCUT2D eigenvalue weighted by molar-refractivity contribution is 7.89. The maximum absolute atomic E-state index is 12.0. The van der Waals surface area contributed by atoms with E-state index < -0.39 is 14.9 Å². The summed E-state index contributed by atoms with van der Waals surface area (Å²) in [5.41, 5.74) is 4.00. The van der Waals surface area contributed by atoms with E-state index in [2.05, 4.69) is 26.3 Å². The predicted octanol–water partition coefficient (Wildman–Crippen LogP) is 2.73. The van der Waals surface area contributed by atoms with E-state index in [0.29, 0.717) is 26.1 Å². The third-order valence-corrected chi connectivity index (χ3v) is 7.06. The molecule has 5 rings (SSSR count). The molecular formula is C23H23N7O4S. The minimum atomic E-state index is -3.75. The van der Waals surface area contributed by atoms with Crippen molar-refractivity contribution in [3.8, 4) is 0 Å². The van der Waals surface area contributed by atoms with Gasteiger partial charge in [-0.05, 0) is 42.2 Å². The molecule has 2 aromatic heterocycles. The molecule has 180 valence electrons. The number of nitrogens with two attached hydrogens (primary N) is 1.